The van der Waals surface area contributed by atoms with E-state index in [1.807, 2.05) is 0 Å². The van der Waals surface area contributed by atoms with Gasteiger partial charge in [-0.15, -0.1) is 0 Å². The number of ketones is 1. The number of carbonyl (C=O) groups excluding carboxylic acids is 1. The minimum atomic E-state index is -1.20. The van der Waals surface area contributed by atoms with Crippen molar-refractivity contribution in [1.29, 1.82) is 0 Å². The number of nitrogens with zero attached hydrogens (tertiary/aromatic N) is 1. The Morgan fingerprint density at radius 2 is 2.00 bits per heavy atom. The fourth-order valence-electron chi connectivity index (χ4n) is 2.01. The molecule has 1 saturated heterocycles. The maximum atomic E-state index is 13.5. The highest BCUT2D eigenvalue weighted by molar-refractivity contribution is 5.83. The summed E-state index contributed by atoms with van der Waals surface area (Å²) in [6, 6.07) is 1.47. The van der Waals surface area contributed by atoms with Gasteiger partial charge >= 0.3 is 0 Å². The van der Waals surface area contributed by atoms with E-state index in [1.54, 1.807) is 6.92 Å². The Balaban J connectivity index is 2.31. The fraction of sp³-hybridized carbons (Fsp3) is 0.417. The summed E-state index contributed by atoms with van der Waals surface area (Å²) in [6.07, 6.45) is 0.277. The molecule has 1 atom stereocenters. The van der Waals surface area contributed by atoms with E-state index in [0.717, 1.165) is 6.07 Å². The molecular weight excluding hydrogens is 231 g/mol. The largest absolute Gasteiger partial charge is 0.368 e. The van der Waals surface area contributed by atoms with Crippen molar-refractivity contribution in [2.75, 3.05) is 18.0 Å². The first-order chi connectivity index (χ1) is 7.99. The molecule has 92 valence electrons. The van der Waals surface area contributed by atoms with E-state index in [4.69, 9.17) is 0 Å². The van der Waals surface area contributed by atoms with Gasteiger partial charge in [-0.1, -0.05) is 6.92 Å². The topological polar surface area (TPSA) is 20.3 Å². The van der Waals surface area contributed by atoms with Crippen LogP contribution in [0, 0.1) is 23.4 Å². The SMILES string of the molecule is CC1CN(c2cc(F)cc(F)c2F)CCC1=O. The zero-order chi connectivity index (χ0) is 12.6. The number of halogens is 3. The molecule has 0 amide bonds. The van der Waals surface area contributed by atoms with Crippen molar-refractivity contribution in [3.63, 3.8) is 0 Å². The predicted molar refractivity (Wildman–Crippen MR) is 57.3 cm³/mol. The Labute approximate surface area is 97.0 Å². The van der Waals surface area contributed by atoms with Gasteiger partial charge in [-0.05, 0) is 0 Å². The minimum Gasteiger partial charge on any atom is -0.368 e. The molecule has 1 heterocycles. The Morgan fingerprint density at radius 1 is 1.29 bits per heavy atom. The van der Waals surface area contributed by atoms with Crippen LogP contribution >= 0.6 is 0 Å². The van der Waals surface area contributed by atoms with Gasteiger partial charge in [0.2, 0.25) is 0 Å². The lowest BCUT2D eigenvalue weighted by molar-refractivity contribution is -0.122. The molecule has 1 unspecified atom stereocenters. The third kappa shape index (κ3) is 2.28. The molecule has 0 aromatic heterocycles. The Bertz CT molecular complexity index is 461. The zero-order valence-corrected chi connectivity index (χ0v) is 9.34. The third-order valence-electron chi connectivity index (χ3n) is 2.99. The van der Waals surface area contributed by atoms with Crippen molar-refractivity contribution in [3.05, 3.63) is 29.6 Å². The van der Waals surface area contributed by atoms with Crippen LogP contribution in [0.3, 0.4) is 0 Å². The van der Waals surface area contributed by atoms with Gasteiger partial charge in [-0.2, -0.15) is 0 Å². The van der Waals surface area contributed by atoms with Gasteiger partial charge in [-0.3, -0.25) is 4.79 Å². The Kier molecular flexibility index (Phi) is 3.09. The number of Topliss-reactive ketones (excluding diaryl/α,β-unsaturated/α-hetero) is 1. The van der Waals surface area contributed by atoms with Crippen molar-refractivity contribution in [2.45, 2.75) is 13.3 Å². The number of hydrogen-bond donors (Lipinski definition) is 0. The molecule has 1 aliphatic heterocycles. The summed E-state index contributed by atoms with van der Waals surface area (Å²) < 4.78 is 39.6. The van der Waals surface area contributed by atoms with Gasteiger partial charge in [0, 0.05) is 37.6 Å². The Hall–Kier alpha value is -1.52. The average molecular weight is 243 g/mol. The normalized spacial score (nSPS) is 20.8. The molecule has 0 saturated carbocycles. The highest BCUT2D eigenvalue weighted by Crippen LogP contribution is 2.26. The van der Waals surface area contributed by atoms with Crippen LogP contribution in [0.5, 0.6) is 0 Å². The van der Waals surface area contributed by atoms with Crippen LogP contribution in [0.25, 0.3) is 0 Å². The lowest BCUT2D eigenvalue weighted by atomic mass is 9.98. The second-order valence-electron chi connectivity index (χ2n) is 4.28. The van der Waals surface area contributed by atoms with Crippen molar-refractivity contribution in [1.82, 2.24) is 0 Å². The summed E-state index contributed by atoms with van der Waals surface area (Å²) in [5.41, 5.74) is -0.109. The molecule has 1 fully saturated rings. The molecule has 1 aliphatic rings. The summed E-state index contributed by atoms with van der Waals surface area (Å²) in [7, 11) is 0. The summed E-state index contributed by atoms with van der Waals surface area (Å²) >= 11 is 0. The van der Waals surface area contributed by atoms with E-state index in [-0.39, 0.29) is 23.8 Å². The number of anilines is 1. The first-order valence-electron chi connectivity index (χ1n) is 5.41. The molecule has 5 heteroatoms. The maximum absolute atomic E-state index is 13.5. The molecule has 0 spiro atoms. The van der Waals surface area contributed by atoms with Gasteiger partial charge in [0.25, 0.3) is 0 Å². The molecule has 1 aromatic rings. The van der Waals surface area contributed by atoms with Crippen LogP contribution in [0.1, 0.15) is 13.3 Å². The van der Waals surface area contributed by atoms with Crippen molar-refractivity contribution >= 4 is 11.5 Å². The molecule has 1 aromatic carbocycles. The highest BCUT2D eigenvalue weighted by atomic mass is 19.2. The molecular formula is C12H12F3NO. The predicted octanol–water partition coefficient (Wildman–Crippen LogP) is 2.52. The second kappa shape index (κ2) is 4.39. The first-order valence-corrected chi connectivity index (χ1v) is 5.41. The molecule has 2 rings (SSSR count). The number of hydrogen-bond acceptors (Lipinski definition) is 2. The van der Waals surface area contributed by atoms with Gasteiger partial charge in [0.15, 0.2) is 11.6 Å². The third-order valence-corrected chi connectivity index (χ3v) is 2.99. The standard InChI is InChI=1S/C12H12F3NO/c1-7-6-16(3-2-11(7)17)10-5-8(13)4-9(14)12(10)15/h4-5,7H,2-3,6H2,1H3. The van der Waals surface area contributed by atoms with Crippen LogP contribution < -0.4 is 4.90 Å². The van der Waals surface area contributed by atoms with E-state index < -0.39 is 17.5 Å². The average Bonchev–Trinajstić information content (AvgIpc) is 2.27. The van der Waals surface area contributed by atoms with Gasteiger partial charge in [-0.25, -0.2) is 13.2 Å². The number of benzene rings is 1. The monoisotopic (exact) mass is 243 g/mol. The van der Waals surface area contributed by atoms with E-state index in [2.05, 4.69) is 0 Å². The fourth-order valence-corrected chi connectivity index (χ4v) is 2.01. The molecule has 2 nitrogen and oxygen atoms in total. The Morgan fingerprint density at radius 3 is 2.65 bits per heavy atom. The zero-order valence-electron chi connectivity index (χ0n) is 9.34. The van der Waals surface area contributed by atoms with E-state index in [0.29, 0.717) is 19.2 Å². The number of piperidine rings is 1. The lowest BCUT2D eigenvalue weighted by Gasteiger charge is -2.32. The van der Waals surface area contributed by atoms with Crippen molar-refractivity contribution in [2.24, 2.45) is 5.92 Å². The van der Waals surface area contributed by atoms with Crippen LogP contribution in [0.4, 0.5) is 18.9 Å². The van der Waals surface area contributed by atoms with E-state index >= 15 is 0 Å². The van der Waals surface area contributed by atoms with Crippen LogP contribution in [0.15, 0.2) is 12.1 Å². The molecule has 0 N–H and O–H groups in total. The van der Waals surface area contributed by atoms with Gasteiger partial charge in [0.1, 0.15) is 11.6 Å². The first kappa shape index (κ1) is 12.0. The minimum absolute atomic E-state index is 0.0959. The van der Waals surface area contributed by atoms with Crippen molar-refractivity contribution in [3.8, 4) is 0 Å². The van der Waals surface area contributed by atoms with E-state index in [9.17, 15) is 18.0 Å². The van der Waals surface area contributed by atoms with Crippen LogP contribution in [-0.2, 0) is 4.79 Å². The summed E-state index contributed by atoms with van der Waals surface area (Å²) in [4.78, 5) is 12.8. The quantitative estimate of drug-likeness (QED) is 0.706. The summed E-state index contributed by atoms with van der Waals surface area (Å²) in [5, 5.41) is 0. The molecule has 0 bridgehead atoms. The lowest BCUT2D eigenvalue weighted by Crippen LogP contribution is -2.40. The van der Waals surface area contributed by atoms with Crippen molar-refractivity contribution < 1.29 is 18.0 Å². The summed E-state index contributed by atoms with van der Waals surface area (Å²) in [5.74, 6) is -3.23. The highest BCUT2D eigenvalue weighted by Gasteiger charge is 2.26. The number of rotatable bonds is 1. The maximum Gasteiger partial charge on any atom is 0.182 e. The van der Waals surface area contributed by atoms with Gasteiger partial charge in [0.05, 0.1) is 5.69 Å². The summed E-state index contributed by atoms with van der Waals surface area (Å²) in [6.45, 7) is 2.31. The molecule has 17 heavy (non-hydrogen) atoms. The van der Waals surface area contributed by atoms with Crippen LogP contribution in [-0.4, -0.2) is 18.9 Å². The van der Waals surface area contributed by atoms with Gasteiger partial charge < -0.3 is 4.90 Å². The second-order valence-corrected chi connectivity index (χ2v) is 4.28. The smallest absolute Gasteiger partial charge is 0.182 e. The number of carbonyl (C=O) groups is 1. The molecule has 0 radical (unpaired) electrons. The van der Waals surface area contributed by atoms with E-state index in [1.165, 1.54) is 4.90 Å². The molecule has 0 aliphatic carbocycles. The van der Waals surface area contributed by atoms with Crippen LogP contribution in [0.2, 0.25) is 0 Å².